The standard InChI is InChI=1S/C20H20F3N5O/c1-27-10-9-17(25-27)24-19(29)14-6-4-5-13(11-14)12-28-16-8-3-2-7-15(16)18(26-28)20(21,22)23/h4-6,9-11H,2-3,7-8,12H2,1H3,(H,24,25,29). The molecule has 0 unspecified atom stereocenters. The van der Waals surface area contributed by atoms with Crippen molar-refractivity contribution in [2.75, 3.05) is 5.32 Å². The number of nitrogens with one attached hydrogen (secondary N) is 1. The van der Waals surface area contributed by atoms with E-state index in [1.54, 1.807) is 48.3 Å². The molecule has 1 aliphatic rings. The molecular weight excluding hydrogens is 383 g/mol. The fourth-order valence-electron chi connectivity index (χ4n) is 3.68. The molecule has 0 radical (unpaired) electrons. The normalized spacial score (nSPS) is 13.9. The molecule has 1 amide bonds. The summed E-state index contributed by atoms with van der Waals surface area (Å²) < 4.78 is 43.1. The summed E-state index contributed by atoms with van der Waals surface area (Å²) in [7, 11) is 1.75. The maximum absolute atomic E-state index is 13.4. The van der Waals surface area contributed by atoms with Gasteiger partial charge < -0.3 is 5.32 Å². The average Bonchev–Trinajstić information content (AvgIpc) is 3.25. The minimum atomic E-state index is -4.46. The lowest BCUT2D eigenvalue weighted by molar-refractivity contribution is -0.142. The second-order valence-electron chi connectivity index (χ2n) is 7.17. The van der Waals surface area contributed by atoms with E-state index in [0.29, 0.717) is 41.0 Å². The number of nitrogens with zero attached hydrogens (tertiary/aromatic N) is 4. The molecule has 0 spiro atoms. The van der Waals surface area contributed by atoms with Crippen molar-refractivity contribution in [1.29, 1.82) is 0 Å². The second kappa shape index (κ2) is 7.38. The van der Waals surface area contributed by atoms with Gasteiger partial charge in [-0.25, -0.2) is 0 Å². The molecule has 1 aromatic carbocycles. The first-order valence-electron chi connectivity index (χ1n) is 9.37. The summed E-state index contributed by atoms with van der Waals surface area (Å²) in [5.41, 5.74) is 1.30. The fraction of sp³-hybridized carbons (Fsp3) is 0.350. The van der Waals surface area contributed by atoms with Gasteiger partial charge in [0.1, 0.15) is 0 Å². The summed E-state index contributed by atoms with van der Waals surface area (Å²) in [6.45, 7) is 0.184. The number of anilines is 1. The van der Waals surface area contributed by atoms with Crippen molar-refractivity contribution in [1.82, 2.24) is 19.6 Å². The van der Waals surface area contributed by atoms with Crippen LogP contribution >= 0.6 is 0 Å². The molecule has 0 atom stereocenters. The molecule has 0 saturated carbocycles. The van der Waals surface area contributed by atoms with Gasteiger partial charge in [-0.05, 0) is 43.4 Å². The molecule has 0 aliphatic heterocycles. The number of halogens is 3. The van der Waals surface area contributed by atoms with E-state index in [4.69, 9.17) is 0 Å². The number of alkyl halides is 3. The SMILES string of the molecule is Cn1ccc(NC(=O)c2cccc(Cn3nc(C(F)(F)F)c4c3CCCC4)c2)n1. The van der Waals surface area contributed by atoms with Crippen LogP contribution in [0.5, 0.6) is 0 Å². The molecule has 0 saturated heterocycles. The third-order valence-electron chi connectivity index (χ3n) is 5.00. The lowest BCUT2D eigenvalue weighted by Gasteiger charge is -2.15. The number of hydrogen-bond donors (Lipinski definition) is 1. The van der Waals surface area contributed by atoms with Crippen LogP contribution in [-0.4, -0.2) is 25.5 Å². The summed E-state index contributed by atoms with van der Waals surface area (Å²) in [5, 5.41) is 10.7. The van der Waals surface area contributed by atoms with Crippen molar-refractivity contribution in [3.05, 3.63) is 64.6 Å². The van der Waals surface area contributed by atoms with Crippen LogP contribution in [-0.2, 0) is 32.6 Å². The number of amides is 1. The highest BCUT2D eigenvalue weighted by Gasteiger charge is 2.39. The number of hydrogen-bond acceptors (Lipinski definition) is 3. The van der Waals surface area contributed by atoms with Crippen LogP contribution in [0.4, 0.5) is 19.0 Å². The van der Waals surface area contributed by atoms with Crippen LogP contribution in [0.15, 0.2) is 36.5 Å². The third kappa shape index (κ3) is 4.03. The zero-order chi connectivity index (χ0) is 20.6. The Morgan fingerprint density at radius 1 is 1.17 bits per heavy atom. The molecule has 6 nitrogen and oxygen atoms in total. The van der Waals surface area contributed by atoms with Gasteiger partial charge in [0.25, 0.3) is 5.91 Å². The van der Waals surface area contributed by atoms with Crippen molar-refractivity contribution in [3.8, 4) is 0 Å². The van der Waals surface area contributed by atoms with E-state index in [1.165, 1.54) is 4.68 Å². The van der Waals surface area contributed by atoms with Crippen LogP contribution in [0.2, 0.25) is 0 Å². The van der Waals surface area contributed by atoms with E-state index in [-0.39, 0.29) is 12.5 Å². The molecule has 2 heterocycles. The van der Waals surface area contributed by atoms with Gasteiger partial charge in [0.05, 0.1) is 6.54 Å². The second-order valence-corrected chi connectivity index (χ2v) is 7.17. The van der Waals surface area contributed by atoms with E-state index in [9.17, 15) is 18.0 Å². The van der Waals surface area contributed by atoms with Gasteiger partial charge in [-0.3, -0.25) is 14.2 Å². The first-order chi connectivity index (χ1) is 13.8. The van der Waals surface area contributed by atoms with Crippen molar-refractivity contribution >= 4 is 11.7 Å². The summed E-state index contributed by atoms with van der Waals surface area (Å²) >= 11 is 0. The lowest BCUT2D eigenvalue weighted by Crippen LogP contribution is -2.14. The van der Waals surface area contributed by atoms with E-state index in [0.717, 1.165) is 12.8 Å². The van der Waals surface area contributed by atoms with E-state index >= 15 is 0 Å². The van der Waals surface area contributed by atoms with E-state index < -0.39 is 11.9 Å². The monoisotopic (exact) mass is 403 g/mol. The van der Waals surface area contributed by atoms with Crippen molar-refractivity contribution in [2.45, 2.75) is 38.4 Å². The van der Waals surface area contributed by atoms with Crippen LogP contribution in [0.1, 0.15) is 45.7 Å². The first-order valence-corrected chi connectivity index (χ1v) is 9.37. The molecular formula is C20H20F3N5O. The molecule has 0 bridgehead atoms. The van der Waals surface area contributed by atoms with E-state index in [2.05, 4.69) is 15.5 Å². The fourth-order valence-corrected chi connectivity index (χ4v) is 3.68. The highest BCUT2D eigenvalue weighted by atomic mass is 19.4. The van der Waals surface area contributed by atoms with Crippen molar-refractivity contribution < 1.29 is 18.0 Å². The third-order valence-corrected chi connectivity index (χ3v) is 5.00. The Morgan fingerprint density at radius 3 is 2.69 bits per heavy atom. The lowest BCUT2D eigenvalue weighted by atomic mass is 9.95. The predicted octanol–water partition coefficient (Wildman–Crippen LogP) is 3.81. The number of aromatic nitrogens is 4. The topological polar surface area (TPSA) is 64.7 Å². The minimum absolute atomic E-state index is 0.184. The Morgan fingerprint density at radius 2 is 1.97 bits per heavy atom. The Labute approximate surface area is 165 Å². The number of carbonyl (C=O) groups is 1. The Balaban J connectivity index is 1.58. The Kier molecular flexibility index (Phi) is 4.89. The maximum Gasteiger partial charge on any atom is 0.435 e. The quantitative estimate of drug-likeness (QED) is 0.720. The highest BCUT2D eigenvalue weighted by molar-refractivity contribution is 6.03. The molecule has 4 rings (SSSR count). The summed E-state index contributed by atoms with van der Waals surface area (Å²) in [5.74, 6) is 0.0999. The number of benzene rings is 1. The minimum Gasteiger partial charge on any atom is -0.305 e. The molecule has 1 N–H and O–H groups in total. The highest BCUT2D eigenvalue weighted by Crippen LogP contribution is 2.36. The number of carbonyl (C=O) groups excluding carboxylic acids is 1. The average molecular weight is 403 g/mol. The largest absolute Gasteiger partial charge is 0.435 e. The number of rotatable bonds is 4. The maximum atomic E-state index is 13.4. The van der Waals surface area contributed by atoms with Crippen molar-refractivity contribution in [2.24, 2.45) is 7.05 Å². The summed E-state index contributed by atoms with van der Waals surface area (Å²) in [4.78, 5) is 12.5. The molecule has 2 aromatic heterocycles. The predicted molar refractivity (Wildman–Crippen MR) is 101 cm³/mol. The molecule has 9 heteroatoms. The molecule has 29 heavy (non-hydrogen) atoms. The zero-order valence-corrected chi connectivity index (χ0v) is 15.8. The van der Waals surface area contributed by atoms with Crippen molar-refractivity contribution in [3.63, 3.8) is 0 Å². The van der Waals surface area contributed by atoms with Gasteiger partial charge >= 0.3 is 6.18 Å². The van der Waals surface area contributed by atoms with Gasteiger partial charge in [0, 0.05) is 36.1 Å². The number of aryl methyl sites for hydroxylation is 1. The molecule has 3 aromatic rings. The van der Waals surface area contributed by atoms with Gasteiger partial charge in [-0.1, -0.05) is 12.1 Å². The van der Waals surface area contributed by atoms with Crippen LogP contribution < -0.4 is 5.32 Å². The molecule has 1 aliphatic carbocycles. The van der Waals surface area contributed by atoms with Crippen LogP contribution in [0, 0.1) is 0 Å². The zero-order valence-electron chi connectivity index (χ0n) is 15.8. The van der Waals surface area contributed by atoms with Gasteiger partial charge in [-0.15, -0.1) is 0 Å². The van der Waals surface area contributed by atoms with Crippen LogP contribution in [0.25, 0.3) is 0 Å². The van der Waals surface area contributed by atoms with E-state index in [1.807, 2.05) is 0 Å². The number of fused-ring (bicyclic) bond motifs is 1. The van der Waals surface area contributed by atoms with Crippen LogP contribution in [0.3, 0.4) is 0 Å². The Hall–Kier alpha value is -3.10. The Bertz CT molecular complexity index is 1050. The molecule has 152 valence electrons. The first kappa shape index (κ1) is 19.2. The summed E-state index contributed by atoms with van der Waals surface area (Å²) in [6.07, 6.45) is -0.176. The summed E-state index contributed by atoms with van der Waals surface area (Å²) in [6, 6.07) is 8.49. The van der Waals surface area contributed by atoms with Gasteiger partial charge in [-0.2, -0.15) is 23.4 Å². The van der Waals surface area contributed by atoms with Gasteiger partial charge in [0.15, 0.2) is 11.5 Å². The molecule has 0 fully saturated rings. The smallest absolute Gasteiger partial charge is 0.305 e. The van der Waals surface area contributed by atoms with Gasteiger partial charge in [0.2, 0.25) is 0 Å².